The Labute approximate surface area is 128 Å². The number of halogens is 2. The zero-order valence-corrected chi connectivity index (χ0v) is 13.7. The van der Waals surface area contributed by atoms with E-state index in [4.69, 9.17) is 16.3 Å². The first-order valence-corrected chi connectivity index (χ1v) is 8.09. The molecule has 19 heavy (non-hydrogen) atoms. The second-order valence-electron chi connectivity index (χ2n) is 6.45. The van der Waals surface area contributed by atoms with Crippen molar-refractivity contribution in [1.29, 1.82) is 0 Å². The van der Waals surface area contributed by atoms with Gasteiger partial charge < -0.3 is 4.74 Å². The molecule has 3 atom stereocenters. The summed E-state index contributed by atoms with van der Waals surface area (Å²) in [6, 6.07) is 1.78. The standard InChI is InChI=1S/C15H19BrClNO/c1-15(2)10-4-3-9(11(15)5-10)8-19-13-6-14(17)18-7-12(13)16/h6-7,9-11H,3-5,8H2,1-2H3/t9-,10+,11+/m1/s1. The molecular weight excluding hydrogens is 326 g/mol. The predicted octanol–water partition coefficient (Wildman–Crippen LogP) is 4.95. The van der Waals surface area contributed by atoms with Crippen molar-refractivity contribution in [3.05, 3.63) is 21.9 Å². The van der Waals surface area contributed by atoms with Gasteiger partial charge in [-0.2, -0.15) is 0 Å². The van der Waals surface area contributed by atoms with E-state index in [1.807, 2.05) is 0 Å². The molecule has 0 spiro atoms. The third-order valence-electron chi connectivity index (χ3n) is 5.24. The van der Waals surface area contributed by atoms with Crippen molar-refractivity contribution in [2.45, 2.75) is 33.1 Å². The summed E-state index contributed by atoms with van der Waals surface area (Å²) in [5.41, 5.74) is 0.513. The maximum absolute atomic E-state index is 5.97. The first kappa shape index (κ1) is 13.7. The van der Waals surface area contributed by atoms with E-state index < -0.39 is 0 Å². The van der Waals surface area contributed by atoms with E-state index in [0.29, 0.717) is 16.5 Å². The normalized spacial score (nSPS) is 31.7. The van der Waals surface area contributed by atoms with Crippen LogP contribution in [0.4, 0.5) is 0 Å². The second-order valence-corrected chi connectivity index (χ2v) is 7.69. The molecule has 3 aliphatic carbocycles. The lowest BCUT2D eigenvalue weighted by Gasteiger charge is -2.60. The third kappa shape index (κ3) is 2.40. The average molecular weight is 345 g/mol. The van der Waals surface area contributed by atoms with Crippen LogP contribution in [0.3, 0.4) is 0 Å². The number of ether oxygens (including phenoxy) is 1. The van der Waals surface area contributed by atoms with E-state index in [9.17, 15) is 0 Å². The molecule has 3 saturated carbocycles. The van der Waals surface area contributed by atoms with E-state index in [0.717, 1.165) is 28.7 Å². The van der Waals surface area contributed by atoms with E-state index in [-0.39, 0.29) is 0 Å². The van der Waals surface area contributed by atoms with Crippen LogP contribution in [0, 0.1) is 23.2 Å². The molecule has 0 unspecified atom stereocenters. The quantitative estimate of drug-likeness (QED) is 0.724. The first-order chi connectivity index (χ1) is 8.98. The Morgan fingerprint density at radius 3 is 2.95 bits per heavy atom. The highest BCUT2D eigenvalue weighted by atomic mass is 79.9. The molecule has 0 amide bonds. The molecule has 0 aromatic carbocycles. The van der Waals surface area contributed by atoms with Crippen molar-refractivity contribution in [2.24, 2.45) is 23.2 Å². The molecule has 0 radical (unpaired) electrons. The summed E-state index contributed by atoms with van der Waals surface area (Å²) in [6.45, 7) is 5.62. The summed E-state index contributed by atoms with van der Waals surface area (Å²) in [7, 11) is 0. The maximum Gasteiger partial charge on any atom is 0.138 e. The zero-order chi connectivity index (χ0) is 13.6. The number of rotatable bonds is 3. The minimum atomic E-state index is 0.478. The van der Waals surface area contributed by atoms with Crippen LogP contribution >= 0.6 is 27.5 Å². The fourth-order valence-electron chi connectivity index (χ4n) is 3.87. The topological polar surface area (TPSA) is 22.1 Å². The first-order valence-electron chi connectivity index (χ1n) is 6.92. The molecule has 2 bridgehead atoms. The van der Waals surface area contributed by atoms with Gasteiger partial charge >= 0.3 is 0 Å². The van der Waals surface area contributed by atoms with Crippen molar-refractivity contribution in [3.8, 4) is 5.75 Å². The molecule has 4 heteroatoms. The van der Waals surface area contributed by atoms with Gasteiger partial charge in [0.2, 0.25) is 0 Å². The van der Waals surface area contributed by atoms with Gasteiger partial charge in [0.15, 0.2) is 0 Å². The van der Waals surface area contributed by atoms with Crippen molar-refractivity contribution in [2.75, 3.05) is 6.61 Å². The molecule has 1 heterocycles. The van der Waals surface area contributed by atoms with Gasteiger partial charge in [0, 0.05) is 12.3 Å². The lowest BCUT2D eigenvalue weighted by molar-refractivity contribution is -0.114. The minimum Gasteiger partial charge on any atom is -0.492 e. The fraction of sp³-hybridized carbons (Fsp3) is 0.667. The van der Waals surface area contributed by atoms with Crippen molar-refractivity contribution in [3.63, 3.8) is 0 Å². The Morgan fingerprint density at radius 1 is 1.47 bits per heavy atom. The molecule has 0 aliphatic heterocycles. The summed E-state index contributed by atoms with van der Waals surface area (Å²) in [5, 5.41) is 0.478. The van der Waals surface area contributed by atoms with Gasteiger partial charge in [0.25, 0.3) is 0 Å². The van der Waals surface area contributed by atoms with Crippen LogP contribution in [0.15, 0.2) is 16.7 Å². The van der Waals surface area contributed by atoms with Crippen LogP contribution in [-0.2, 0) is 0 Å². The number of hydrogen-bond acceptors (Lipinski definition) is 2. The van der Waals surface area contributed by atoms with E-state index >= 15 is 0 Å². The van der Waals surface area contributed by atoms with Crippen LogP contribution in [0.25, 0.3) is 0 Å². The summed E-state index contributed by atoms with van der Waals surface area (Å²) in [4.78, 5) is 4.02. The van der Waals surface area contributed by atoms with Gasteiger partial charge in [-0.15, -0.1) is 0 Å². The summed E-state index contributed by atoms with van der Waals surface area (Å²) >= 11 is 9.36. The Bertz CT molecular complexity index is 489. The van der Waals surface area contributed by atoms with Crippen LogP contribution in [0.5, 0.6) is 5.75 Å². The van der Waals surface area contributed by atoms with Gasteiger partial charge in [-0.25, -0.2) is 4.98 Å². The lowest BCUT2D eigenvalue weighted by Crippen LogP contribution is -2.53. The van der Waals surface area contributed by atoms with E-state index in [2.05, 4.69) is 34.8 Å². The Morgan fingerprint density at radius 2 is 2.26 bits per heavy atom. The number of nitrogens with zero attached hydrogens (tertiary/aromatic N) is 1. The Balaban J connectivity index is 1.65. The van der Waals surface area contributed by atoms with Gasteiger partial charge in [-0.3, -0.25) is 0 Å². The molecule has 104 valence electrons. The Hall–Kier alpha value is -0.280. The number of pyridine rings is 1. The number of aromatic nitrogens is 1. The van der Waals surface area contributed by atoms with Gasteiger partial charge in [0.1, 0.15) is 10.9 Å². The number of hydrogen-bond donors (Lipinski definition) is 0. The largest absolute Gasteiger partial charge is 0.492 e. The SMILES string of the molecule is CC1(C)[C@H]2CC[C@H](COc3cc(Cl)ncc3Br)[C@@H]1C2. The maximum atomic E-state index is 5.97. The van der Waals surface area contributed by atoms with Crippen molar-refractivity contribution in [1.82, 2.24) is 4.98 Å². The highest BCUT2D eigenvalue weighted by Gasteiger charge is 2.54. The van der Waals surface area contributed by atoms with Gasteiger partial charge in [-0.05, 0) is 58.4 Å². The Kier molecular flexibility index (Phi) is 3.55. The summed E-state index contributed by atoms with van der Waals surface area (Å²) < 4.78 is 6.85. The second kappa shape index (κ2) is 4.92. The van der Waals surface area contributed by atoms with Crippen LogP contribution in [0.1, 0.15) is 33.1 Å². The molecule has 0 saturated heterocycles. The predicted molar refractivity (Wildman–Crippen MR) is 80.5 cm³/mol. The van der Waals surface area contributed by atoms with Crippen LogP contribution in [-0.4, -0.2) is 11.6 Å². The highest BCUT2D eigenvalue weighted by Crippen LogP contribution is 2.61. The molecule has 1 aromatic rings. The van der Waals surface area contributed by atoms with E-state index in [1.165, 1.54) is 19.3 Å². The van der Waals surface area contributed by atoms with Crippen LogP contribution in [0.2, 0.25) is 5.15 Å². The monoisotopic (exact) mass is 343 g/mol. The molecular formula is C15H19BrClNO. The fourth-order valence-corrected chi connectivity index (χ4v) is 4.34. The molecule has 2 nitrogen and oxygen atoms in total. The van der Waals surface area contributed by atoms with E-state index in [1.54, 1.807) is 12.3 Å². The van der Waals surface area contributed by atoms with Crippen LogP contribution < -0.4 is 4.74 Å². The minimum absolute atomic E-state index is 0.478. The number of fused-ring (bicyclic) bond motifs is 2. The average Bonchev–Trinajstić information content (AvgIpc) is 2.40. The molecule has 4 rings (SSSR count). The zero-order valence-electron chi connectivity index (χ0n) is 11.3. The summed E-state index contributed by atoms with van der Waals surface area (Å²) in [6.07, 6.45) is 5.74. The lowest BCUT2D eigenvalue weighted by atomic mass is 9.46. The molecule has 3 aliphatic rings. The van der Waals surface area contributed by atoms with Gasteiger partial charge in [-0.1, -0.05) is 25.4 Å². The molecule has 0 N–H and O–H groups in total. The van der Waals surface area contributed by atoms with Crippen molar-refractivity contribution < 1.29 is 4.74 Å². The van der Waals surface area contributed by atoms with Gasteiger partial charge in [0.05, 0.1) is 11.1 Å². The molecule has 1 aromatic heterocycles. The van der Waals surface area contributed by atoms with Crippen molar-refractivity contribution >= 4 is 27.5 Å². The highest BCUT2D eigenvalue weighted by molar-refractivity contribution is 9.10. The third-order valence-corrected chi connectivity index (χ3v) is 6.04. The smallest absolute Gasteiger partial charge is 0.138 e. The summed E-state index contributed by atoms with van der Waals surface area (Å²) in [5.74, 6) is 3.25. The molecule has 3 fully saturated rings.